The summed E-state index contributed by atoms with van der Waals surface area (Å²) in [5.74, 6) is 3.07. The molecule has 0 amide bonds. The Hall–Kier alpha value is -1.11. The second-order valence-electron chi connectivity index (χ2n) is 7.57. The Balaban J connectivity index is 1.46. The molecule has 0 nitrogen and oxygen atoms in total. The lowest BCUT2D eigenvalue weighted by Gasteiger charge is -2.28. The Kier molecular flexibility index (Phi) is 5.33. The summed E-state index contributed by atoms with van der Waals surface area (Å²) in [7, 11) is 0. The highest BCUT2D eigenvalue weighted by molar-refractivity contribution is 5.21. The lowest BCUT2D eigenvalue weighted by Crippen LogP contribution is -2.13. The third-order valence-corrected chi connectivity index (χ3v) is 5.83. The zero-order chi connectivity index (χ0) is 15.4. The normalized spacial score (nSPS) is 33.2. The lowest BCUT2D eigenvalue weighted by molar-refractivity contribution is 0.327. The summed E-state index contributed by atoms with van der Waals surface area (Å²) in [6.07, 6.45) is 15.7. The molecule has 0 unspecified atom stereocenters. The maximum Gasteiger partial charge on any atom is 0.123 e. The molecule has 0 radical (unpaired) electrons. The van der Waals surface area contributed by atoms with E-state index in [1.165, 1.54) is 56.9 Å². The van der Waals surface area contributed by atoms with Gasteiger partial charge in [-0.1, -0.05) is 44.1 Å². The number of hydrogen-bond acceptors (Lipinski definition) is 0. The fourth-order valence-electron chi connectivity index (χ4n) is 4.17. The zero-order valence-corrected chi connectivity index (χ0v) is 13.8. The molecule has 0 aliphatic heterocycles. The van der Waals surface area contributed by atoms with Crippen molar-refractivity contribution in [2.24, 2.45) is 17.8 Å². The number of benzene rings is 1. The first-order valence-electron chi connectivity index (χ1n) is 9.14. The van der Waals surface area contributed by atoms with E-state index in [0.717, 1.165) is 17.8 Å². The van der Waals surface area contributed by atoms with Crippen molar-refractivity contribution in [3.63, 3.8) is 0 Å². The average Bonchev–Trinajstić information content (AvgIpc) is 2.56. The summed E-state index contributed by atoms with van der Waals surface area (Å²) in [5.41, 5.74) is 1.32. The van der Waals surface area contributed by atoms with Crippen LogP contribution in [0, 0.1) is 23.6 Å². The van der Waals surface area contributed by atoms with Crippen molar-refractivity contribution in [3.05, 3.63) is 47.8 Å². The van der Waals surface area contributed by atoms with Gasteiger partial charge < -0.3 is 0 Å². The summed E-state index contributed by atoms with van der Waals surface area (Å²) in [4.78, 5) is 0. The Morgan fingerprint density at radius 2 is 1.27 bits per heavy atom. The predicted molar refractivity (Wildman–Crippen MR) is 91.4 cm³/mol. The smallest absolute Gasteiger partial charge is 0.123 e. The number of allylic oxidation sites excluding steroid dienone is 2. The molecular weight excluding hydrogens is 271 g/mol. The quantitative estimate of drug-likeness (QED) is 0.560. The molecule has 1 heteroatoms. The van der Waals surface area contributed by atoms with Gasteiger partial charge in [-0.3, -0.25) is 0 Å². The van der Waals surface area contributed by atoms with E-state index in [2.05, 4.69) is 19.1 Å². The molecule has 0 atom stereocenters. The van der Waals surface area contributed by atoms with Crippen LogP contribution in [0.25, 0.3) is 0 Å². The van der Waals surface area contributed by atoms with Crippen LogP contribution in [-0.4, -0.2) is 0 Å². The molecule has 0 aromatic heterocycles. The lowest BCUT2D eigenvalue weighted by atomic mass is 9.77. The van der Waals surface area contributed by atoms with Crippen LogP contribution < -0.4 is 0 Å². The van der Waals surface area contributed by atoms with E-state index < -0.39 is 0 Å². The fourth-order valence-corrected chi connectivity index (χ4v) is 4.17. The Morgan fingerprint density at radius 3 is 1.82 bits per heavy atom. The Bertz CT molecular complexity index is 471. The van der Waals surface area contributed by atoms with E-state index in [1.54, 1.807) is 12.1 Å². The van der Waals surface area contributed by atoms with Crippen molar-refractivity contribution in [2.45, 2.75) is 64.2 Å². The minimum atomic E-state index is -0.123. The summed E-state index contributed by atoms with van der Waals surface area (Å²) >= 11 is 0. The summed E-state index contributed by atoms with van der Waals surface area (Å²) in [6.45, 7) is 2.39. The summed E-state index contributed by atoms with van der Waals surface area (Å²) < 4.78 is 13.0. The zero-order valence-electron chi connectivity index (χ0n) is 13.8. The van der Waals surface area contributed by atoms with Gasteiger partial charge in [0.1, 0.15) is 5.82 Å². The SMILES string of the molecule is C[C@H]1CC[C@H](C=C[C@H]2CC[C@H](c3ccc(F)cc3)CC2)CC1. The first kappa shape index (κ1) is 15.8. The Labute approximate surface area is 134 Å². The highest BCUT2D eigenvalue weighted by atomic mass is 19.1. The van der Waals surface area contributed by atoms with Crippen molar-refractivity contribution in [3.8, 4) is 0 Å². The van der Waals surface area contributed by atoms with Gasteiger partial charge in [0.2, 0.25) is 0 Å². The maximum absolute atomic E-state index is 13.0. The minimum absolute atomic E-state index is 0.123. The van der Waals surface area contributed by atoms with Crippen LogP contribution >= 0.6 is 0 Å². The third kappa shape index (κ3) is 4.21. The molecule has 1 aromatic rings. The van der Waals surface area contributed by atoms with E-state index in [1.807, 2.05) is 12.1 Å². The van der Waals surface area contributed by atoms with Gasteiger partial charge in [0.05, 0.1) is 0 Å². The van der Waals surface area contributed by atoms with Gasteiger partial charge in [0.25, 0.3) is 0 Å². The van der Waals surface area contributed by atoms with Crippen LogP contribution in [0.4, 0.5) is 4.39 Å². The van der Waals surface area contributed by atoms with Crippen molar-refractivity contribution >= 4 is 0 Å². The van der Waals surface area contributed by atoms with Crippen LogP contribution in [0.1, 0.15) is 69.8 Å². The van der Waals surface area contributed by atoms with Gasteiger partial charge in [-0.2, -0.15) is 0 Å². The molecular formula is C21H29F. The molecule has 22 heavy (non-hydrogen) atoms. The predicted octanol–water partition coefficient (Wildman–Crippen LogP) is 6.48. The Morgan fingerprint density at radius 1 is 0.773 bits per heavy atom. The van der Waals surface area contributed by atoms with Gasteiger partial charge in [0, 0.05) is 0 Å². The van der Waals surface area contributed by atoms with E-state index in [4.69, 9.17) is 0 Å². The molecule has 2 aliphatic carbocycles. The number of rotatable bonds is 3. The molecule has 0 heterocycles. The van der Waals surface area contributed by atoms with Gasteiger partial charge >= 0.3 is 0 Å². The van der Waals surface area contributed by atoms with Gasteiger partial charge in [-0.05, 0) is 79.9 Å². The van der Waals surface area contributed by atoms with Crippen LogP contribution in [0.5, 0.6) is 0 Å². The number of hydrogen-bond donors (Lipinski definition) is 0. The molecule has 2 fully saturated rings. The molecule has 0 bridgehead atoms. The van der Waals surface area contributed by atoms with Crippen molar-refractivity contribution in [1.82, 2.24) is 0 Å². The van der Waals surface area contributed by atoms with Crippen LogP contribution in [0.15, 0.2) is 36.4 Å². The first-order valence-corrected chi connectivity index (χ1v) is 9.14. The summed E-state index contributed by atoms with van der Waals surface area (Å²) in [5, 5.41) is 0. The maximum atomic E-state index is 13.0. The monoisotopic (exact) mass is 300 g/mol. The van der Waals surface area contributed by atoms with Gasteiger partial charge in [-0.25, -0.2) is 4.39 Å². The average molecular weight is 300 g/mol. The molecule has 2 aliphatic rings. The molecule has 2 saturated carbocycles. The topological polar surface area (TPSA) is 0 Å². The molecule has 0 spiro atoms. The molecule has 1 aromatic carbocycles. The molecule has 3 rings (SSSR count). The molecule has 0 N–H and O–H groups in total. The third-order valence-electron chi connectivity index (χ3n) is 5.83. The van der Waals surface area contributed by atoms with Crippen LogP contribution in [-0.2, 0) is 0 Å². The van der Waals surface area contributed by atoms with Crippen molar-refractivity contribution in [2.75, 3.05) is 0 Å². The second-order valence-corrected chi connectivity index (χ2v) is 7.57. The highest BCUT2D eigenvalue weighted by Crippen LogP contribution is 2.37. The highest BCUT2D eigenvalue weighted by Gasteiger charge is 2.21. The van der Waals surface area contributed by atoms with E-state index in [-0.39, 0.29) is 5.82 Å². The van der Waals surface area contributed by atoms with Crippen LogP contribution in [0.3, 0.4) is 0 Å². The minimum Gasteiger partial charge on any atom is -0.207 e. The van der Waals surface area contributed by atoms with E-state index >= 15 is 0 Å². The van der Waals surface area contributed by atoms with E-state index in [9.17, 15) is 4.39 Å². The summed E-state index contributed by atoms with van der Waals surface area (Å²) in [6, 6.07) is 7.15. The first-order chi connectivity index (χ1) is 10.7. The van der Waals surface area contributed by atoms with Crippen molar-refractivity contribution < 1.29 is 4.39 Å². The fraction of sp³-hybridized carbons (Fsp3) is 0.619. The van der Waals surface area contributed by atoms with Gasteiger partial charge in [0.15, 0.2) is 0 Å². The van der Waals surface area contributed by atoms with Crippen LogP contribution in [0.2, 0.25) is 0 Å². The standard InChI is InChI=1S/C21H29F/c1-16-2-4-17(5-3-16)6-7-18-8-10-19(11-9-18)20-12-14-21(22)15-13-20/h6-7,12-19H,2-5,8-11H2,1H3/t16-,17-,18-,19-. The van der Waals surface area contributed by atoms with Crippen molar-refractivity contribution in [1.29, 1.82) is 0 Å². The largest absolute Gasteiger partial charge is 0.207 e. The molecule has 120 valence electrons. The molecule has 0 saturated heterocycles. The van der Waals surface area contributed by atoms with Gasteiger partial charge in [-0.15, -0.1) is 0 Å². The number of halogens is 1. The second kappa shape index (κ2) is 7.44. The van der Waals surface area contributed by atoms with E-state index in [0.29, 0.717) is 5.92 Å².